The Hall–Kier alpha value is -1.73. The number of nitrogens with zero attached hydrogens (tertiary/aromatic N) is 4. The minimum absolute atomic E-state index is 0.253. The number of anilines is 3. The van der Waals surface area contributed by atoms with Crippen LogP contribution in [0.15, 0.2) is 12.3 Å². The van der Waals surface area contributed by atoms with Crippen molar-refractivity contribution in [1.29, 1.82) is 0 Å². The summed E-state index contributed by atoms with van der Waals surface area (Å²) in [7, 11) is 0. The summed E-state index contributed by atoms with van der Waals surface area (Å²) in [4.78, 5) is 17.0. The third kappa shape index (κ3) is 2.78. The predicted molar refractivity (Wildman–Crippen MR) is 86.9 cm³/mol. The van der Waals surface area contributed by atoms with Gasteiger partial charge in [0.25, 0.3) is 0 Å². The summed E-state index contributed by atoms with van der Waals surface area (Å²) in [5.74, 6) is 1.43. The molecule has 2 N–H and O–H groups in total. The van der Waals surface area contributed by atoms with E-state index in [2.05, 4.69) is 25.2 Å². The summed E-state index contributed by atoms with van der Waals surface area (Å²) in [5, 5.41) is 13.8. The first-order chi connectivity index (χ1) is 10.8. The van der Waals surface area contributed by atoms with Crippen molar-refractivity contribution < 1.29 is 5.11 Å². The number of aromatic nitrogens is 3. The Morgan fingerprint density at radius 2 is 2.18 bits per heavy atom. The molecule has 0 spiro atoms. The topological polar surface area (TPSA) is 74.2 Å². The number of thiazole rings is 1. The average Bonchev–Trinajstić information content (AvgIpc) is 3.13. The third-order valence-corrected chi connectivity index (χ3v) is 5.27. The van der Waals surface area contributed by atoms with Crippen LogP contribution in [0.2, 0.25) is 0 Å². The van der Waals surface area contributed by atoms with Crippen LogP contribution in [0, 0.1) is 0 Å². The highest BCUT2D eigenvalue weighted by Crippen LogP contribution is 2.31. The van der Waals surface area contributed by atoms with Crippen molar-refractivity contribution in [3.63, 3.8) is 0 Å². The van der Waals surface area contributed by atoms with Crippen LogP contribution < -0.4 is 10.2 Å². The molecule has 1 atom stereocenters. The quantitative estimate of drug-likeness (QED) is 0.903. The third-order valence-electron chi connectivity index (χ3n) is 4.19. The van der Waals surface area contributed by atoms with Crippen LogP contribution in [0.4, 0.5) is 16.9 Å². The van der Waals surface area contributed by atoms with E-state index in [1.807, 2.05) is 6.07 Å². The van der Waals surface area contributed by atoms with E-state index in [1.54, 1.807) is 17.5 Å². The van der Waals surface area contributed by atoms with Crippen LogP contribution in [-0.2, 0) is 12.8 Å². The van der Waals surface area contributed by atoms with Gasteiger partial charge in [-0.05, 0) is 38.2 Å². The van der Waals surface area contributed by atoms with E-state index in [1.165, 1.54) is 23.4 Å². The number of hydrogen-bond donors (Lipinski definition) is 2. The summed E-state index contributed by atoms with van der Waals surface area (Å²) in [6.45, 7) is 1.48. The molecule has 0 amide bonds. The number of rotatable bonds is 3. The molecule has 3 heterocycles. The van der Waals surface area contributed by atoms with Gasteiger partial charge in [-0.1, -0.05) is 0 Å². The van der Waals surface area contributed by atoms with Gasteiger partial charge < -0.3 is 10.0 Å². The number of hydrogen-bond acceptors (Lipinski definition) is 7. The van der Waals surface area contributed by atoms with Gasteiger partial charge in [0.05, 0.1) is 11.8 Å². The maximum atomic E-state index is 9.65. The van der Waals surface area contributed by atoms with E-state index >= 15 is 0 Å². The minimum Gasteiger partial charge on any atom is -0.391 e. The molecule has 4 rings (SSSR count). The monoisotopic (exact) mass is 317 g/mol. The van der Waals surface area contributed by atoms with E-state index in [4.69, 9.17) is 0 Å². The van der Waals surface area contributed by atoms with Crippen molar-refractivity contribution in [2.45, 2.75) is 38.2 Å². The van der Waals surface area contributed by atoms with Gasteiger partial charge in [0.15, 0.2) is 5.13 Å². The maximum absolute atomic E-state index is 9.65. The molecule has 0 saturated carbocycles. The lowest BCUT2D eigenvalue weighted by atomic mass is 10.0. The predicted octanol–water partition coefficient (Wildman–Crippen LogP) is 2.13. The molecule has 1 aliphatic carbocycles. The molecule has 2 aromatic rings. The summed E-state index contributed by atoms with van der Waals surface area (Å²) in [6, 6.07) is 1.89. The SMILES string of the molecule is OC1CCN(c2ccnc(Nc3nc4c(s3)CCCC4)n2)C1. The smallest absolute Gasteiger partial charge is 0.230 e. The zero-order valence-corrected chi connectivity index (χ0v) is 13.1. The van der Waals surface area contributed by atoms with E-state index in [-0.39, 0.29) is 6.10 Å². The van der Waals surface area contributed by atoms with Crippen LogP contribution in [-0.4, -0.2) is 39.3 Å². The Balaban J connectivity index is 1.52. The Morgan fingerprint density at radius 1 is 1.27 bits per heavy atom. The molecule has 2 aromatic heterocycles. The zero-order chi connectivity index (χ0) is 14.9. The Labute approximate surface area is 133 Å². The number of aliphatic hydroxyl groups is 1. The van der Waals surface area contributed by atoms with E-state index in [0.29, 0.717) is 12.5 Å². The lowest BCUT2D eigenvalue weighted by Gasteiger charge is -2.16. The Kier molecular flexibility index (Phi) is 3.67. The molecule has 116 valence electrons. The first-order valence-electron chi connectivity index (χ1n) is 7.79. The van der Waals surface area contributed by atoms with Crippen molar-refractivity contribution in [2.24, 2.45) is 0 Å². The number of nitrogens with one attached hydrogen (secondary N) is 1. The second kappa shape index (κ2) is 5.81. The molecular weight excluding hydrogens is 298 g/mol. The van der Waals surface area contributed by atoms with E-state index in [9.17, 15) is 5.11 Å². The molecular formula is C15H19N5OS. The van der Waals surface area contributed by atoms with E-state index < -0.39 is 0 Å². The summed E-state index contributed by atoms with van der Waals surface area (Å²) in [5.41, 5.74) is 1.23. The fourth-order valence-corrected chi connectivity index (χ4v) is 4.08. The molecule has 1 aliphatic heterocycles. The standard InChI is InChI=1S/C15H19N5OS/c21-10-6-8-20(9-10)13-5-7-16-14(18-13)19-15-17-11-3-1-2-4-12(11)22-15/h5,7,10,21H,1-4,6,8-9H2,(H,16,17,18,19). The molecule has 0 radical (unpaired) electrons. The second-order valence-electron chi connectivity index (χ2n) is 5.85. The van der Waals surface area contributed by atoms with Gasteiger partial charge >= 0.3 is 0 Å². The van der Waals surface area contributed by atoms with Crippen LogP contribution in [0.25, 0.3) is 0 Å². The van der Waals surface area contributed by atoms with Gasteiger partial charge in [-0.25, -0.2) is 9.97 Å². The maximum Gasteiger partial charge on any atom is 0.230 e. The van der Waals surface area contributed by atoms with Crippen LogP contribution in [0.5, 0.6) is 0 Å². The molecule has 0 bridgehead atoms. The molecule has 1 fully saturated rings. The summed E-state index contributed by atoms with van der Waals surface area (Å²) >= 11 is 1.71. The lowest BCUT2D eigenvalue weighted by molar-refractivity contribution is 0.198. The largest absolute Gasteiger partial charge is 0.391 e. The first-order valence-corrected chi connectivity index (χ1v) is 8.61. The first kappa shape index (κ1) is 13.9. The van der Waals surface area contributed by atoms with Gasteiger partial charge in [0, 0.05) is 24.2 Å². The highest BCUT2D eigenvalue weighted by atomic mass is 32.1. The van der Waals surface area contributed by atoms with Crippen molar-refractivity contribution in [1.82, 2.24) is 15.0 Å². The molecule has 1 saturated heterocycles. The van der Waals surface area contributed by atoms with Gasteiger partial charge in [-0.2, -0.15) is 4.98 Å². The normalized spacial score (nSPS) is 21.0. The lowest BCUT2D eigenvalue weighted by Crippen LogP contribution is -2.22. The van der Waals surface area contributed by atoms with Crippen LogP contribution in [0.1, 0.15) is 29.8 Å². The van der Waals surface area contributed by atoms with Crippen molar-refractivity contribution in [3.05, 3.63) is 22.8 Å². The molecule has 22 heavy (non-hydrogen) atoms. The van der Waals surface area contributed by atoms with Gasteiger partial charge in [-0.3, -0.25) is 5.32 Å². The molecule has 2 aliphatic rings. The number of fused-ring (bicyclic) bond motifs is 1. The number of aliphatic hydroxyl groups excluding tert-OH is 1. The highest BCUT2D eigenvalue weighted by Gasteiger charge is 2.22. The fraction of sp³-hybridized carbons (Fsp3) is 0.533. The van der Waals surface area contributed by atoms with Crippen molar-refractivity contribution in [3.8, 4) is 0 Å². The van der Waals surface area contributed by atoms with Crippen molar-refractivity contribution in [2.75, 3.05) is 23.3 Å². The zero-order valence-electron chi connectivity index (χ0n) is 12.3. The number of β-amino-alcohol motifs (C(OH)–C–C–N with tert-alkyl or cyclic N) is 1. The average molecular weight is 317 g/mol. The fourth-order valence-electron chi connectivity index (χ4n) is 3.04. The number of aryl methyl sites for hydroxylation is 2. The van der Waals surface area contributed by atoms with Gasteiger partial charge in [-0.15, -0.1) is 11.3 Å². The highest BCUT2D eigenvalue weighted by molar-refractivity contribution is 7.15. The van der Waals surface area contributed by atoms with E-state index in [0.717, 1.165) is 36.8 Å². The summed E-state index contributed by atoms with van der Waals surface area (Å²) < 4.78 is 0. The Morgan fingerprint density at radius 3 is 3.00 bits per heavy atom. The van der Waals surface area contributed by atoms with Crippen LogP contribution in [0.3, 0.4) is 0 Å². The van der Waals surface area contributed by atoms with Gasteiger partial charge in [0.1, 0.15) is 5.82 Å². The summed E-state index contributed by atoms with van der Waals surface area (Å²) in [6.07, 6.45) is 7.02. The van der Waals surface area contributed by atoms with Crippen LogP contribution >= 0.6 is 11.3 Å². The Bertz CT molecular complexity index is 650. The minimum atomic E-state index is -0.253. The molecule has 1 unspecified atom stereocenters. The van der Waals surface area contributed by atoms with Gasteiger partial charge in [0.2, 0.25) is 5.95 Å². The molecule has 7 heteroatoms. The second-order valence-corrected chi connectivity index (χ2v) is 6.93. The molecule has 0 aromatic carbocycles. The van der Waals surface area contributed by atoms with Crippen molar-refractivity contribution >= 4 is 28.2 Å². The molecule has 6 nitrogen and oxygen atoms in total.